The Balaban J connectivity index is 1.64. The molecular formula is C26H25N5O5S. The molecule has 0 radical (unpaired) electrons. The summed E-state index contributed by atoms with van der Waals surface area (Å²) in [5, 5.41) is 23.4. The van der Waals surface area contributed by atoms with Crippen LogP contribution in [0.1, 0.15) is 34.7 Å². The highest BCUT2D eigenvalue weighted by Gasteiger charge is 2.23. The molecule has 0 aliphatic rings. The molecule has 0 aliphatic carbocycles. The molecule has 190 valence electrons. The van der Waals surface area contributed by atoms with Crippen molar-refractivity contribution < 1.29 is 19.2 Å². The van der Waals surface area contributed by atoms with E-state index in [0.717, 1.165) is 5.56 Å². The fourth-order valence-electron chi connectivity index (χ4n) is 3.67. The number of ether oxygens (including phenoxy) is 2. The number of aromatic nitrogens is 3. The van der Waals surface area contributed by atoms with E-state index < -0.39 is 11.0 Å². The van der Waals surface area contributed by atoms with Gasteiger partial charge in [-0.1, -0.05) is 42.1 Å². The number of methoxy groups -OCH3 is 2. The second kappa shape index (κ2) is 11.6. The van der Waals surface area contributed by atoms with Gasteiger partial charge in [0.2, 0.25) is 0 Å². The number of benzene rings is 3. The maximum atomic E-state index is 13.1. The van der Waals surface area contributed by atoms with E-state index in [1.807, 2.05) is 30.3 Å². The predicted molar refractivity (Wildman–Crippen MR) is 139 cm³/mol. The first-order chi connectivity index (χ1) is 17.9. The van der Waals surface area contributed by atoms with Gasteiger partial charge >= 0.3 is 0 Å². The van der Waals surface area contributed by atoms with Crippen LogP contribution in [0.2, 0.25) is 0 Å². The molecule has 1 aromatic heterocycles. The second-order valence-electron chi connectivity index (χ2n) is 7.99. The molecule has 1 heterocycles. The van der Waals surface area contributed by atoms with Crippen LogP contribution in [0.4, 0.5) is 5.69 Å². The van der Waals surface area contributed by atoms with E-state index in [-0.39, 0.29) is 11.6 Å². The molecule has 0 aliphatic heterocycles. The van der Waals surface area contributed by atoms with Crippen molar-refractivity contribution >= 4 is 23.4 Å². The zero-order valence-electron chi connectivity index (χ0n) is 20.5. The Morgan fingerprint density at radius 3 is 2.43 bits per heavy atom. The highest BCUT2D eigenvalue weighted by Crippen LogP contribution is 2.29. The molecule has 4 rings (SSSR count). The van der Waals surface area contributed by atoms with Crippen molar-refractivity contribution in [2.45, 2.75) is 23.9 Å². The first-order valence-electron chi connectivity index (χ1n) is 11.3. The second-order valence-corrected chi connectivity index (χ2v) is 8.93. The van der Waals surface area contributed by atoms with Crippen LogP contribution in [-0.4, -0.2) is 39.8 Å². The van der Waals surface area contributed by atoms with Crippen LogP contribution in [0.3, 0.4) is 0 Å². The molecule has 0 bridgehead atoms. The molecule has 37 heavy (non-hydrogen) atoms. The lowest BCUT2D eigenvalue weighted by atomic mass is 10.1. The number of nitrogens with zero attached hydrogens (tertiary/aromatic N) is 4. The summed E-state index contributed by atoms with van der Waals surface area (Å²) >= 11 is 1.48. The average molecular weight is 520 g/mol. The number of nitro benzene ring substituents is 1. The zero-order chi connectivity index (χ0) is 26.4. The summed E-state index contributed by atoms with van der Waals surface area (Å²) in [7, 11) is 3.02. The molecule has 1 N–H and O–H groups in total. The van der Waals surface area contributed by atoms with Crippen molar-refractivity contribution in [3.05, 3.63) is 99.9 Å². The predicted octanol–water partition coefficient (Wildman–Crippen LogP) is 4.98. The Kier molecular flexibility index (Phi) is 8.04. The van der Waals surface area contributed by atoms with Gasteiger partial charge < -0.3 is 14.8 Å². The van der Waals surface area contributed by atoms with E-state index in [4.69, 9.17) is 9.47 Å². The van der Waals surface area contributed by atoms with Crippen molar-refractivity contribution in [3.63, 3.8) is 0 Å². The number of carbonyl (C=O) groups is 1. The summed E-state index contributed by atoms with van der Waals surface area (Å²) in [4.78, 5) is 23.8. The van der Waals surface area contributed by atoms with Crippen molar-refractivity contribution in [1.29, 1.82) is 0 Å². The Morgan fingerprint density at radius 1 is 1.05 bits per heavy atom. The number of nitrogens with one attached hydrogen (secondary N) is 1. The number of hydrogen-bond donors (Lipinski definition) is 1. The summed E-state index contributed by atoms with van der Waals surface area (Å²) in [5.41, 5.74) is 2.07. The van der Waals surface area contributed by atoms with Gasteiger partial charge in [0.1, 0.15) is 11.5 Å². The first-order valence-corrected chi connectivity index (χ1v) is 12.3. The Labute approximate surface area is 217 Å². The van der Waals surface area contributed by atoms with Crippen LogP contribution in [0.25, 0.3) is 5.69 Å². The lowest BCUT2D eigenvalue weighted by molar-refractivity contribution is -0.384. The van der Waals surface area contributed by atoms with Gasteiger partial charge in [-0.3, -0.25) is 19.5 Å². The van der Waals surface area contributed by atoms with Crippen molar-refractivity contribution in [2.75, 3.05) is 14.2 Å². The van der Waals surface area contributed by atoms with E-state index in [1.165, 1.54) is 38.1 Å². The van der Waals surface area contributed by atoms with Crippen LogP contribution in [0.15, 0.2) is 78.0 Å². The van der Waals surface area contributed by atoms with E-state index in [2.05, 4.69) is 15.5 Å². The lowest BCUT2D eigenvalue weighted by Crippen LogP contribution is -2.29. The Bertz CT molecular complexity index is 1390. The number of carbonyl (C=O) groups excluding carboxylic acids is 1. The number of thioether (sulfide) groups is 1. The third-order valence-corrected chi connectivity index (χ3v) is 6.58. The minimum atomic E-state index is -0.548. The molecule has 1 amide bonds. The van der Waals surface area contributed by atoms with Crippen molar-refractivity contribution in [1.82, 2.24) is 20.1 Å². The highest BCUT2D eigenvalue weighted by molar-refractivity contribution is 7.98. The number of rotatable bonds is 10. The molecule has 11 heteroatoms. The fourth-order valence-corrected chi connectivity index (χ4v) is 4.58. The van der Waals surface area contributed by atoms with Gasteiger partial charge in [0.15, 0.2) is 11.0 Å². The summed E-state index contributed by atoms with van der Waals surface area (Å²) in [6, 6.07) is 20.4. The third-order valence-electron chi connectivity index (χ3n) is 5.58. The lowest BCUT2D eigenvalue weighted by Gasteiger charge is -2.17. The van der Waals surface area contributed by atoms with Crippen LogP contribution >= 0.6 is 11.8 Å². The van der Waals surface area contributed by atoms with Gasteiger partial charge in [-0.25, -0.2) is 0 Å². The largest absolute Gasteiger partial charge is 0.497 e. The molecule has 1 atom stereocenters. The molecule has 3 aromatic carbocycles. The first kappa shape index (κ1) is 25.7. The summed E-state index contributed by atoms with van der Waals surface area (Å²) in [6.07, 6.45) is 0. The van der Waals surface area contributed by atoms with Gasteiger partial charge in [0.05, 0.1) is 30.7 Å². The smallest absolute Gasteiger partial charge is 0.269 e. The van der Waals surface area contributed by atoms with Gasteiger partial charge in [-0.2, -0.15) is 0 Å². The van der Waals surface area contributed by atoms with Crippen molar-refractivity contribution in [3.8, 4) is 17.2 Å². The zero-order valence-corrected chi connectivity index (χ0v) is 21.3. The van der Waals surface area contributed by atoms with Crippen LogP contribution in [-0.2, 0) is 5.75 Å². The van der Waals surface area contributed by atoms with Gasteiger partial charge in [0, 0.05) is 29.6 Å². The van der Waals surface area contributed by atoms with Crippen LogP contribution < -0.4 is 14.8 Å². The third kappa shape index (κ3) is 5.89. The van der Waals surface area contributed by atoms with E-state index >= 15 is 0 Å². The fraction of sp³-hybridized carbons (Fsp3) is 0.192. The molecule has 1 unspecified atom stereocenters. The highest BCUT2D eigenvalue weighted by atomic mass is 32.2. The Morgan fingerprint density at radius 2 is 1.78 bits per heavy atom. The number of hydrogen-bond acceptors (Lipinski definition) is 8. The monoisotopic (exact) mass is 519 g/mol. The average Bonchev–Trinajstić information content (AvgIpc) is 3.36. The molecular weight excluding hydrogens is 494 g/mol. The Hall–Kier alpha value is -4.38. The quantitative estimate of drug-likeness (QED) is 0.177. The van der Waals surface area contributed by atoms with Gasteiger partial charge in [-0.15, -0.1) is 10.2 Å². The van der Waals surface area contributed by atoms with Crippen LogP contribution in [0, 0.1) is 10.1 Å². The van der Waals surface area contributed by atoms with E-state index in [1.54, 1.807) is 41.8 Å². The summed E-state index contributed by atoms with van der Waals surface area (Å²) in [5.74, 6) is 1.71. The number of nitro groups is 1. The topological polar surface area (TPSA) is 121 Å². The molecule has 0 spiro atoms. The van der Waals surface area contributed by atoms with Crippen LogP contribution in [0.5, 0.6) is 11.5 Å². The van der Waals surface area contributed by atoms with E-state index in [9.17, 15) is 14.9 Å². The molecule has 0 saturated heterocycles. The summed E-state index contributed by atoms with van der Waals surface area (Å²) in [6.45, 7) is 1.80. The molecule has 4 aromatic rings. The minimum absolute atomic E-state index is 0.0233. The SMILES string of the molecule is COc1ccc(C(=O)NC(C)c2nnc(SCc3ccccc3)n2-c2ccc([N+](=O)[O-])cc2)c(OC)c1. The van der Waals surface area contributed by atoms with Gasteiger partial charge in [-0.05, 0) is 36.8 Å². The van der Waals surface area contributed by atoms with Gasteiger partial charge in [0.25, 0.3) is 11.6 Å². The number of non-ortho nitro benzene ring substituents is 1. The number of amides is 1. The van der Waals surface area contributed by atoms with Crippen molar-refractivity contribution in [2.24, 2.45) is 0 Å². The molecule has 0 saturated carbocycles. The maximum absolute atomic E-state index is 13.1. The normalized spacial score (nSPS) is 11.5. The molecule has 0 fully saturated rings. The van der Waals surface area contributed by atoms with E-state index in [0.29, 0.717) is 39.5 Å². The maximum Gasteiger partial charge on any atom is 0.269 e. The molecule has 10 nitrogen and oxygen atoms in total. The minimum Gasteiger partial charge on any atom is -0.497 e. The summed E-state index contributed by atoms with van der Waals surface area (Å²) < 4.78 is 12.4. The standard InChI is InChI=1S/C26H25N5O5S/c1-17(27-25(32)22-14-13-21(35-2)15-23(22)36-3)24-28-29-26(37-16-18-7-5-4-6-8-18)30(24)19-9-11-20(12-10-19)31(33)34/h4-15,17H,16H2,1-3H3,(H,27,32).